The number of carbonyl (C=O) groups is 2. The normalized spacial score (nSPS) is 12.5. The van der Waals surface area contributed by atoms with Crippen molar-refractivity contribution in [3.8, 4) is 22.6 Å². The molecule has 0 radical (unpaired) electrons. The van der Waals surface area contributed by atoms with Crippen molar-refractivity contribution >= 4 is 17.6 Å². The molecule has 31 heavy (non-hydrogen) atoms. The van der Waals surface area contributed by atoms with Gasteiger partial charge in [-0.15, -0.1) is 0 Å². The highest BCUT2D eigenvalue weighted by molar-refractivity contribution is 6.08. The molecule has 0 saturated carbocycles. The molecule has 1 heterocycles. The van der Waals surface area contributed by atoms with Crippen molar-refractivity contribution in [3.63, 3.8) is 0 Å². The average Bonchev–Trinajstić information content (AvgIpc) is 3.21. The van der Waals surface area contributed by atoms with Crippen molar-refractivity contribution in [3.05, 3.63) is 77.4 Å². The molecule has 0 atom stereocenters. The van der Waals surface area contributed by atoms with Gasteiger partial charge in [0.1, 0.15) is 0 Å². The number of carbonyl (C=O) groups excluding carboxylic acids is 1. The Hall–Kier alpha value is -4.01. The molecule has 6 nitrogen and oxygen atoms in total. The Morgan fingerprint density at radius 3 is 2.19 bits per heavy atom. The molecule has 9 heteroatoms. The largest absolute Gasteiger partial charge is 0.478 e. The van der Waals surface area contributed by atoms with Gasteiger partial charge in [-0.3, -0.25) is 4.79 Å². The molecule has 1 amide bonds. The summed E-state index contributed by atoms with van der Waals surface area (Å²) in [5.41, 5.74) is 0.215. The highest BCUT2D eigenvalue weighted by Crippen LogP contribution is 2.37. The quantitative estimate of drug-likeness (QED) is 0.606. The predicted molar refractivity (Wildman–Crippen MR) is 104 cm³/mol. The van der Waals surface area contributed by atoms with Gasteiger partial charge in [0.25, 0.3) is 5.91 Å². The monoisotopic (exact) mass is 429 g/mol. The minimum absolute atomic E-state index is 0.00700. The third kappa shape index (κ3) is 4.16. The molecule has 0 aliphatic carbocycles. The molecule has 4 rings (SSSR count). The zero-order chi connectivity index (χ0) is 22.2. The summed E-state index contributed by atoms with van der Waals surface area (Å²) in [6.45, 7) is 0.102. The summed E-state index contributed by atoms with van der Waals surface area (Å²) < 4.78 is 48.8. The average molecular weight is 429 g/mol. The van der Waals surface area contributed by atoms with E-state index in [0.717, 1.165) is 24.3 Å². The Morgan fingerprint density at radius 2 is 1.52 bits per heavy atom. The zero-order valence-electron chi connectivity index (χ0n) is 15.7. The van der Waals surface area contributed by atoms with Crippen molar-refractivity contribution in [1.29, 1.82) is 0 Å². The number of alkyl halides is 3. The minimum Gasteiger partial charge on any atom is -0.478 e. The van der Waals surface area contributed by atoms with Crippen LogP contribution in [0.3, 0.4) is 0 Å². The van der Waals surface area contributed by atoms with E-state index in [2.05, 4.69) is 5.32 Å². The maximum Gasteiger partial charge on any atom is 0.416 e. The van der Waals surface area contributed by atoms with Crippen LogP contribution in [0.1, 0.15) is 26.3 Å². The van der Waals surface area contributed by atoms with Gasteiger partial charge in [-0.2, -0.15) is 13.2 Å². The first-order chi connectivity index (χ1) is 14.7. The number of rotatable bonds is 4. The van der Waals surface area contributed by atoms with Crippen LogP contribution >= 0.6 is 0 Å². The van der Waals surface area contributed by atoms with Crippen LogP contribution in [0, 0.1) is 0 Å². The summed E-state index contributed by atoms with van der Waals surface area (Å²) in [4.78, 5) is 24.1. The van der Waals surface area contributed by atoms with Gasteiger partial charge in [-0.25, -0.2) is 4.79 Å². The lowest BCUT2D eigenvalue weighted by molar-refractivity contribution is -0.137. The number of ether oxygens (including phenoxy) is 2. The molecule has 0 fully saturated rings. The number of aromatic carboxylic acids is 1. The lowest BCUT2D eigenvalue weighted by Gasteiger charge is -2.12. The zero-order valence-corrected chi connectivity index (χ0v) is 15.7. The summed E-state index contributed by atoms with van der Waals surface area (Å²) in [6.07, 6.45) is -4.52. The number of carboxylic acid groups (broad SMARTS) is 1. The lowest BCUT2D eigenvalue weighted by atomic mass is 10.0. The summed E-state index contributed by atoms with van der Waals surface area (Å²) in [7, 11) is 0. The molecule has 2 N–H and O–H groups in total. The first-order valence-corrected chi connectivity index (χ1v) is 8.98. The van der Waals surface area contributed by atoms with Crippen molar-refractivity contribution in [2.24, 2.45) is 0 Å². The molecule has 0 saturated heterocycles. The maximum absolute atomic E-state index is 12.7. The Bertz CT molecular complexity index is 1170. The number of halogens is 3. The Balaban J connectivity index is 1.64. The molecule has 0 bridgehead atoms. The number of nitrogens with one attached hydrogen (secondary N) is 1. The van der Waals surface area contributed by atoms with Gasteiger partial charge < -0.3 is 19.9 Å². The summed E-state index contributed by atoms with van der Waals surface area (Å²) in [5.74, 6) is -0.879. The molecule has 1 aliphatic heterocycles. The fourth-order valence-corrected chi connectivity index (χ4v) is 3.09. The molecular weight excluding hydrogens is 415 g/mol. The second-order valence-electron chi connectivity index (χ2n) is 6.66. The van der Waals surface area contributed by atoms with Gasteiger partial charge in [0.2, 0.25) is 6.79 Å². The maximum atomic E-state index is 12.7. The second-order valence-corrected chi connectivity index (χ2v) is 6.66. The third-order valence-corrected chi connectivity index (χ3v) is 4.68. The minimum atomic E-state index is -4.52. The van der Waals surface area contributed by atoms with Crippen LogP contribution in [0.15, 0.2) is 60.7 Å². The van der Waals surface area contributed by atoms with E-state index in [9.17, 15) is 27.9 Å². The van der Waals surface area contributed by atoms with Gasteiger partial charge in [-0.1, -0.05) is 12.1 Å². The van der Waals surface area contributed by atoms with Crippen LogP contribution in [0.5, 0.6) is 11.5 Å². The second kappa shape index (κ2) is 7.67. The van der Waals surface area contributed by atoms with Crippen molar-refractivity contribution < 1.29 is 37.3 Å². The van der Waals surface area contributed by atoms with E-state index in [0.29, 0.717) is 22.6 Å². The first-order valence-electron chi connectivity index (χ1n) is 8.98. The van der Waals surface area contributed by atoms with E-state index < -0.39 is 23.6 Å². The third-order valence-electron chi connectivity index (χ3n) is 4.68. The molecule has 158 valence electrons. The van der Waals surface area contributed by atoms with Crippen molar-refractivity contribution in [2.45, 2.75) is 6.18 Å². The topological polar surface area (TPSA) is 84.9 Å². The van der Waals surface area contributed by atoms with Crippen molar-refractivity contribution in [2.75, 3.05) is 12.1 Å². The number of fused-ring (bicyclic) bond motifs is 1. The van der Waals surface area contributed by atoms with Gasteiger partial charge >= 0.3 is 12.1 Å². The van der Waals surface area contributed by atoms with E-state index in [1.165, 1.54) is 12.1 Å². The van der Waals surface area contributed by atoms with Crippen LogP contribution < -0.4 is 14.8 Å². The Morgan fingerprint density at radius 1 is 0.871 bits per heavy atom. The Kier molecular flexibility index (Phi) is 5.02. The van der Waals surface area contributed by atoms with E-state index in [-0.39, 0.29) is 23.6 Å². The van der Waals surface area contributed by atoms with Crippen LogP contribution in [0.4, 0.5) is 18.9 Å². The molecule has 0 spiro atoms. The van der Waals surface area contributed by atoms with E-state index in [1.54, 1.807) is 24.3 Å². The highest BCUT2D eigenvalue weighted by Gasteiger charge is 2.30. The van der Waals surface area contributed by atoms with Crippen molar-refractivity contribution in [1.82, 2.24) is 0 Å². The smallest absolute Gasteiger partial charge is 0.416 e. The van der Waals surface area contributed by atoms with Gasteiger partial charge in [0.15, 0.2) is 11.5 Å². The molecule has 3 aromatic rings. The summed E-state index contributed by atoms with van der Waals surface area (Å²) in [6, 6.07) is 13.2. The number of anilines is 1. The highest BCUT2D eigenvalue weighted by atomic mass is 19.4. The molecule has 3 aromatic carbocycles. The van der Waals surface area contributed by atoms with E-state index >= 15 is 0 Å². The number of benzene rings is 3. The van der Waals surface area contributed by atoms with Crippen LogP contribution in [-0.4, -0.2) is 23.8 Å². The van der Waals surface area contributed by atoms with E-state index in [1.807, 2.05) is 0 Å². The molecule has 0 aromatic heterocycles. The summed E-state index contributed by atoms with van der Waals surface area (Å²) in [5, 5.41) is 11.9. The van der Waals surface area contributed by atoms with Gasteiger partial charge in [-0.05, 0) is 59.7 Å². The number of hydrogen-bond donors (Lipinski definition) is 2. The molecule has 0 unspecified atom stereocenters. The Labute approximate surface area is 173 Å². The number of carboxylic acids is 1. The summed E-state index contributed by atoms with van der Waals surface area (Å²) >= 11 is 0. The number of amides is 1. The number of hydrogen-bond acceptors (Lipinski definition) is 4. The van der Waals surface area contributed by atoms with Gasteiger partial charge in [0, 0.05) is 5.56 Å². The fraction of sp³-hybridized carbons (Fsp3) is 0.0909. The van der Waals surface area contributed by atoms with Gasteiger partial charge in [0.05, 0.1) is 16.8 Å². The standard InChI is InChI=1S/C22H14F3NO5/c23-22(24,25)15-5-1-12(2-6-15)20(27)26-17-9-13(3-7-16(17)21(28)29)14-4-8-18-19(10-14)31-11-30-18/h1-10H,11H2,(H,26,27)(H,28,29). The molecule has 1 aliphatic rings. The van der Waals surface area contributed by atoms with Crippen LogP contribution in [-0.2, 0) is 6.18 Å². The molecular formula is C22H14F3NO5. The van der Waals surface area contributed by atoms with Crippen LogP contribution in [0.25, 0.3) is 11.1 Å². The van der Waals surface area contributed by atoms with Crippen LogP contribution in [0.2, 0.25) is 0 Å². The SMILES string of the molecule is O=C(Nc1cc(-c2ccc3c(c2)OCO3)ccc1C(=O)O)c1ccc(C(F)(F)F)cc1. The van der Waals surface area contributed by atoms with E-state index in [4.69, 9.17) is 9.47 Å². The fourth-order valence-electron chi connectivity index (χ4n) is 3.09. The lowest BCUT2D eigenvalue weighted by Crippen LogP contribution is -2.15. The predicted octanol–water partition coefficient (Wildman–Crippen LogP) is 5.05. The first kappa shape index (κ1) is 20.3.